The van der Waals surface area contributed by atoms with Crippen molar-refractivity contribution in [1.29, 1.82) is 0 Å². The average Bonchev–Trinajstić information content (AvgIpc) is 3.02. The summed E-state index contributed by atoms with van der Waals surface area (Å²) in [5, 5.41) is 5.83. The summed E-state index contributed by atoms with van der Waals surface area (Å²) in [7, 11) is 1.51. The normalized spacial score (nSPS) is 11.9. The van der Waals surface area contributed by atoms with E-state index in [0.717, 1.165) is 0 Å². The number of carbonyl (C=O) groups is 2. The van der Waals surface area contributed by atoms with E-state index in [0.29, 0.717) is 16.5 Å². The van der Waals surface area contributed by atoms with E-state index in [-0.39, 0.29) is 17.4 Å². The van der Waals surface area contributed by atoms with Gasteiger partial charge < -0.3 is 15.6 Å². The third kappa shape index (κ3) is 3.12. The first kappa shape index (κ1) is 15.7. The van der Waals surface area contributed by atoms with Crippen molar-refractivity contribution in [1.82, 2.24) is 15.6 Å². The fourth-order valence-corrected chi connectivity index (χ4v) is 2.52. The van der Waals surface area contributed by atoms with Gasteiger partial charge in [-0.15, -0.1) is 0 Å². The van der Waals surface area contributed by atoms with E-state index in [9.17, 15) is 14.0 Å². The van der Waals surface area contributed by atoms with Gasteiger partial charge in [0.2, 0.25) is 5.91 Å². The van der Waals surface area contributed by atoms with Gasteiger partial charge in [0.1, 0.15) is 17.6 Å². The minimum Gasteiger partial charge on any atom is -0.357 e. The fraction of sp³-hybridized carbons (Fsp3) is 0.111. The molecule has 0 aliphatic heterocycles. The smallest absolute Gasteiger partial charge is 0.268 e. The van der Waals surface area contributed by atoms with Crippen LogP contribution in [0.1, 0.15) is 22.1 Å². The van der Waals surface area contributed by atoms with Gasteiger partial charge in [0.15, 0.2) is 0 Å². The molecule has 3 N–H and O–H groups in total. The number of hydrogen-bond acceptors (Lipinski definition) is 2. The molecule has 5 nitrogen and oxygen atoms in total. The Labute approximate surface area is 137 Å². The Morgan fingerprint density at radius 2 is 1.83 bits per heavy atom. The lowest BCUT2D eigenvalue weighted by molar-refractivity contribution is -0.122. The van der Waals surface area contributed by atoms with Crippen molar-refractivity contribution in [3.63, 3.8) is 0 Å². The quantitative estimate of drug-likeness (QED) is 0.689. The molecule has 0 saturated heterocycles. The molecular weight excluding hydrogens is 309 g/mol. The molecule has 3 aromatic rings. The van der Waals surface area contributed by atoms with Gasteiger partial charge in [-0.05, 0) is 29.8 Å². The summed E-state index contributed by atoms with van der Waals surface area (Å²) in [4.78, 5) is 27.5. The largest absolute Gasteiger partial charge is 0.357 e. The number of aromatic nitrogens is 1. The number of nitrogens with one attached hydrogen (secondary N) is 3. The number of hydrogen-bond donors (Lipinski definition) is 3. The van der Waals surface area contributed by atoms with Gasteiger partial charge in [0.25, 0.3) is 5.91 Å². The summed E-state index contributed by atoms with van der Waals surface area (Å²) in [6.45, 7) is 0. The predicted molar refractivity (Wildman–Crippen MR) is 89.0 cm³/mol. The van der Waals surface area contributed by atoms with Crippen LogP contribution in [-0.2, 0) is 4.79 Å². The van der Waals surface area contributed by atoms with Crippen molar-refractivity contribution in [2.24, 2.45) is 0 Å². The third-order valence-corrected chi connectivity index (χ3v) is 3.74. The van der Waals surface area contributed by atoms with Crippen LogP contribution in [0.15, 0.2) is 54.6 Å². The van der Waals surface area contributed by atoms with Crippen LogP contribution >= 0.6 is 0 Å². The van der Waals surface area contributed by atoms with Crippen molar-refractivity contribution in [3.05, 3.63) is 71.7 Å². The maximum Gasteiger partial charge on any atom is 0.268 e. The van der Waals surface area contributed by atoms with Gasteiger partial charge >= 0.3 is 0 Å². The summed E-state index contributed by atoms with van der Waals surface area (Å²) >= 11 is 0. The monoisotopic (exact) mass is 325 g/mol. The molecule has 2 aromatic carbocycles. The number of fused-ring (bicyclic) bond motifs is 1. The van der Waals surface area contributed by atoms with Crippen LogP contribution in [-0.4, -0.2) is 23.8 Å². The lowest BCUT2D eigenvalue weighted by Gasteiger charge is -2.17. The van der Waals surface area contributed by atoms with E-state index in [1.165, 1.54) is 19.2 Å². The Bertz CT molecular complexity index is 890. The van der Waals surface area contributed by atoms with E-state index in [1.807, 2.05) is 6.07 Å². The van der Waals surface area contributed by atoms with Gasteiger partial charge in [-0.25, -0.2) is 4.39 Å². The zero-order chi connectivity index (χ0) is 17.1. The summed E-state index contributed by atoms with van der Waals surface area (Å²) in [5.41, 5.74) is 1.59. The highest BCUT2D eigenvalue weighted by Gasteiger charge is 2.23. The minimum atomic E-state index is -0.813. The Morgan fingerprint density at radius 1 is 1.08 bits per heavy atom. The lowest BCUT2D eigenvalue weighted by atomic mass is 10.1. The molecule has 2 amide bonds. The van der Waals surface area contributed by atoms with E-state index in [4.69, 9.17) is 0 Å². The first-order chi connectivity index (χ1) is 11.6. The molecule has 0 unspecified atom stereocenters. The molecule has 24 heavy (non-hydrogen) atoms. The highest BCUT2D eigenvalue weighted by molar-refractivity contribution is 6.00. The zero-order valence-corrected chi connectivity index (χ0v) is 13.0. The Hall–Kier alpha value is -3.15. The van der Waals surface area contributed by atoms with Crippen molar-refractivity contribution >= 4 is 22.7 Å². The van der Waals surface area contributed by atoms with Crippen molar-refractivity contribution in [3.8, 4) is 0 Å². The fourth-order valence-electron chi connectivity index (χ4n) is 2.52. The second kappa shape index (κ2) is 6.54. The average molecular weight is 325 g/mol. The van der Waals surface area contributed by atoms with Crippen LogP contribution in [0.4, 0.5) is 4.39 Å². The first-order valence-corrected chi connectivity index (χ1v) is 7.44. The zero-order valence-electron chi connectivity index (χ0n) is 13.0. The number of aromatic amines is 1. The van der Waals surface area contributed by atoms with Gasteiger partial charge in [0, 0.05) is 18.0 Å². The van der Waals surface area contributed by atoms with Gasteiger partial charge in [0.05, 0.1) is 0 Å². The molecule has 6 heteroatoms. The molecule has 0 bridgehead atoms. The Morgan fingerprint density at radius 3 is 2.54 bits per heavy atom. The third-order valence-electron chi connectivity index (χ3n) is 3.74. The highest BCUT2D eigenvalue weighted by atomic mass is 19.1. The first-order valence-electron chi connectivity index (χ1n) is 7.44. The molecule has 1 aromatic heterocycles. The van der Waals surface area contributed by atoms with Crippen LogP contribution in [0.5, 0.6) is 0 Å². The number of amides is 2. The summed E-state index contributed by atoms with van der Waals surface area (Å²) in [6.07, 6.45) is 0. The molecule has 0 spiro atoms. The topological polar surface area (TPSA) is 74.0 Å². The van der Waals surface area contributed by atoms with E-state index in [2.05, 4.69) is 15.6 Å². The van der Waals surface area contributed by atoms with Crippen LogP contribution in [0.25, 0.3) is 10.9 Å². The van der Waals surface area contributed by atoms with Gasteiger partial charge in [-0.3, -0.25) is 9.59 Å². The molecule has 0 radical (unpaired) electrons. The SMILES string of the molecule is CNC(=O)[C@@H](NC(=O)c1cc2cc(F)ccc2[nH]1)c1ccccc1. The number of carbonyl (C=O) groups excluding carboxylic acids is 2. The second-order valence-corrected chi connectivity index (χ2v) is 5.35. The molecule has 122 valence electrons. The van der Waals surface area contributed by atoms with E-state index >= 15 is 0 Å². The van der Waals surface area contributed by atoms with E-state index in [1.54, 1.807) is 36.4 Å². The Kier molecular flexibility index (Phi) is 4.29. The molecule has 0 aliphatic carbocycles. The number of halogens is 1. The van der Waals surface area contributed by atoms with E-state index < -0.39 is 11.9 Å². The van der Waals surface area contributed by atoms with Crippen LogP contribution in [0.2, 0.25) is 0 Å². The Balaban J connectivity index is 1.88. The number of H-pyrrole nitrogens is 1. The number of rotatable bonds is 4. The summed E-state index contributed by atoms with van der Waals surface area (Å²) in [6, 6.07) is 13.9. The maximum atomic E-state index is 13.3. The molecule has 3 rings (SSSR count). The van der Waals surface area contributed by atoms with Gasteiger partial charge in [-0.2, -0.15) is 0 Å². The van der Waals surface area contributed by atoms with Crippen molar-refractivity contribution in [2.45, 2.75) is 6.04 Å². The summed E-state index contributed by atoms with van der Waals surface area (Å²) < 4.78 is 13.3. The maximum absolute atomic E-state index is 13.3. The predicted octanol–water partition coefficient (Wildman–Crippen LogP) is 2.52. The number of likely N-dealkylation sites (N-methyl/N-ethyl adjacent to an activating group) is 1. The van der Waals surface area contributed by atoms with Crippen molar-refractivity contribution in [2.75, 3.05) is 7.05 Å². The molecule has 0 aliphatic rings. The molecule has 1 atom stereocenters. The lowest BCUT2D eigenvalue weighted by Crippen LogP contribution is -2.39. The minimum absolute atomic E-state index is 0.264. The molecule has 1 heterocycles. The molecular formula is C18H16FN3O2. The molecule has 0 saturated carbocycles. The van der Waals surface area contributed by atoms with Crippen LogP contribution in [0.3, 0.4) is 0 Å². The standard InChI is InChI=1S/C18H16FN3O2/c1-20-18(24)16(11-5-3-2-4-6-11)22-17(23)15-10-12-9-13(19)7-8-14(12)21-15/h2-10,16,21H,1H3,(H,20,24)(H,22,23)/t16-/m0/s1. The van der Waals surface area contributed by atoms with Crippen molar-refractivity contribution < 1.29 is 14.0 Å². The van der Waals surface area contributed by atoms with Crippen LogP contribution in [0, 0.1) is 5.82 Å². The highest BCUT2D eigenvalue weighted by Crippen LogP contribution is 2.18. The second-order valence-electron chi connectivity index (χ2n) is 5.35. The summed E-state index contributed by atoms with van der Waals surface area (Å²) in [5.74, 6) is -1.14. The van der Waals surface area contributed by atoms with Crippen LogP contribution < -0.4 is 10.6 Å². The number of benzene rings is 2. The van der Waals surface area contributed by atoms with Gasteiger partial charge in [-0.1, -0.05) is 30.3 Å². The molecule has 0 fully saturated rings.